The first-order chi connectivity index (χ1) is 8.33. The van der Waals surface area contributed by atoms with Crippen molar-refractivity contribution < 1.29 is 9.47 Å². The largest absolute Gasteiger partial charge is 0.458 e. The van der Waals surface area contributed by atoms with Crippen LogP contribution >= 0.6 is 0 Å². The van der Waals surface area contributed by atoms with Gasteiger partial charge in [0, 0.05) is 5.56 Å². The molecule has 1 aliphatic rings. The maximum Gasteiger partial charge on any atom is 0.169 e. The number of aromatic nitrogens is 2. The number of hydrogen-bond acceptors (Lipinski definition) is 5. The molecule has 84 valence electrons. The van der Waals surface area contributed by atoms with Crippen molar-refractivity contribution in [2.45, 2.75) is 0 Å². The van der Waals surface area contributed by atoms with Gasteiger partial charge in [-0.05, 0) is 30.3 Å². The molecule has 2 N–H and O–H groups in total. The molecule has 0 fully saturated rings. The van der Waals surface area contributed by atoms with E-state index in [0.717, 1.165) is 11.3 Å². The van der Waals surface area contributed by atoms with E-state index in [-0.39, 0.29) is 0 Å². The van der Waals surface area contributed by atoms with Gasteiger partial charge in [0.2, 0.25) is 0 Å². The molecule has 0 aliphatic carbocycles. The van der Waals surface area contributed by atoms with E-state index in [2.05, 4.69) is 10.2 Å². The molecule has 0 saturated carbocycles. The highest BCUT2D eigenvalue weighted by atomic mass is 16.5. The molecular formula is C12H9N3O2. The Hall–Kier alpha value is -2.56. The third-order valence-corrected chi connectivity index (χ3v) is 2.37. The number of fused-ring (bicyclic) bond motifs is 1. The third-order valence-electron chi connectivity index (χ3n) is 2.37. The van der Waals surface area contributed by atoms with Gasteiger partial charge in [0.15, 0.2) is 11.5 Å². The third kappa shape index (κ3) is 1.78. The summed E-state index contributed by atoms with van der Waals surface area (Å²) in [5, 5.41) is 7.82. The molecule has 0 radical (unpaired) electrons. The summed E-state index contributed by atoms with van der Waals surface area (Å²) in [6.45, 7) is 0. The Morgan fingerprint density at radius 3 is 2.47 bits per heavy atom. The smallest absolute Gasteiger partial charge is 0.169 e. The SMILES string of the molecule is Nc1ccc(-c2ccc3c(c2)OC=CO3)nn1. The second kappa shape index (κ2) is 3.79. The van der Waals surface area contributed by atoms with Gasteiger partial charge in [-0.25, -0.2) is 0 Å². The second-order valence-corrected chi connectivity index (χ2v) is 3.51. The molecule has 0 spiro atoms. The highest BCUT2D eigenvalue weighted by Crippen LogP contribution is 2.34. The molecule has 0 unspecified atom stereocenters. The van der Waals surface area contributed by atoms with E-state index in [4.69, 9.17) is 15.2 Å². The number of nitrogens with two attached hydrogens (primary N) is 1. The Morgan fingerprint density at radius 2 is 1.71 bits per heavy atom. The molecule has 1 aromatic heterocycles. The van der Waals surface area contributed by atoms with Crippen LogP contribution in [0.5, 0.6) is 11.5 Å². The minimum Gasteiger partial charge on any atom is -0.458 e. The lowest BCUT2D eigenvalue weighted by atomic mass is 10.1. The van der Waals surface area contributed by atoms with Gasteiger partial charge in [0.05, 0.1) is 5.69 Å². The predicted octanol–water partition coefficient (Wildman–Crippen LogP) is 1.97. The fourth-order valence-corrected chi connectivity index (χ4v) is 1.56. The van der Waals surface area contributed by atoms with Crippen LogP contribution in [0.1, 0.15) is 0 Å². The van der Waals surface area contributed by atoms with Crippen LogP contribution in [0.3, 0.4) is 0 Å². The zero-order valence-corrected chi connectivity index (χ0v) is 8.83. The van der Waals surface area contributed by atoms with E-state index in [1.54, 1.807) is 6.07 Å². The van der Waals surface area contributed by atoms with Gasteiger partial charge in [0.25, 0.3) is 0 Å². The summed E-state index contributed by atoms with van der Waals surface area (Å²) in [4.78, 5) is 0. The van der Waals surface area contributed by atoms with Crippen molar-refractivity contribution >= 4 is 5.82 Å². The molecule has 2 aromatic rings. The van der Waals surface area contributed by atoms with E-state index in [0.29, 0.717) is 17.3 Å². The monoisotopic (exact) mass is 227 g/mol. The lowest BCUT2D eigenvalue weighted by Gasteiger charge is -2.12. The fraction of sp³-hybridized carbons (Fsp3) is 0. The van der Waals surface area contributed by atoms with Crippen molar-refractivity contribution in [1.29, 1.82) is 0 Å². The summed E-state index contributed by atoms with van der Waals surface area (Å²) in [5.41, 5.74) is 7.12. The summed E-state index contributed by atoms with van der Waals surface area (Å²) in [7, 11) is 0. The molecule has 1 aromatic carbocycles. The van der Waals surface area contributed by atoms with Crippen LogP contribution in [0, 0.1) is 0 Å². The van der Waals surface area contributed by atoms with Gasteiger partial charge in [0.1, 0.15) is 18.3 Å². The first-order valence-electron chi connectivity index (χ1n) is 5.05. The van der Waals surface area contributed by atoms with Gasteiger partial charge in [-0.3, -0.25) is 0 Å². The molecule has 5 heteroatoms. The van der Waals surface area contributed by atoms with Crippen molar-refractivity contribution in [3.63, 3.8) is 0 Å². The van der Waals surface area contributed by atoms with E-state index in [1.165, 1.54) is 12.5 Å². The quantitative estimate of drug-likeness (QED) is 0.806. The van der Waals surface area contributed by atoms with Crippen LogP contribution in [0.2, 0.25) is 0 Å². The Labute approximate surface area is 97.5 Å². The molecule has 0 atom stereocenters. The summed E-state index contributed by atoms with van der Waals surface area (Å²) < 4.78 is 10.6. The van der Waals surface area contributed by atoms with Crippen molar-refractivity contribution in [1.82, 2.24) is 10.2 Å². The van der Waals surface area contributed by atoms with Gasteiger partial charge in [-0.15, -0.1) is 10.2 Å². The average Bonchev–Trinajstić information content (AvgIpc) is 2.39. The summed E-state index contributed by atoms with van der Waals surface area (Å²) in [5.74, 6) is 1.73. The molecule has 0 saturated heterocycles. The topological polar surface area (TPSA) is 70.3 Å². The number of rotatable bonds is 1. The standard InChI is InChI=1S/C12H9N3O2/c13-12-4-2-9(14-15-12)8-1-3-10-11(7-8)17-6-5-16-10/h1-7H,(H2,13,15). The van der Waals surface area contributed by atoms with Crippen LogP contribution < -0.4 is 15.2 Å². The molecule has 5 nitrogen and oxygen atoms in total. The highest BCUT2D eigenvalue weighted by Gasteiger charge is 2.10. The Balaban J connectivity index is 2.02. The van der Waals surface area contributed by atoms with Gasteiger partial charge in [-0.1, -0.05) is 0 Å². The van der Waals surface area contributed by atoms with E-state index < -0.39 is 0 Å². The maximum atomic E-state index is 5.49. The second-order valence-electron chi connectivity index (χ2n) is 3.51. The van der Waals surface area contributed by atoms with E-state index in [1.807, 2.05) is 24.3 Å². The van der Waals surface area contributed by atoms with Crippen molar-refractivity contribution in [3.05, 3.63) is 42.9 Å². The maximum absolute atomic E-state index is 5.49. The number of nitrogens with zero attached hydrogens (tertiary/aromatic N) is 2. The minimum absolute atomic E-state index is 0.397. The number of benzene rings is 1. The highest BCUT2D eigenvalue weighted by molar-refractivity contribution is 5.64. The molecule has 3 rings (SSSR count). The minimum atomic E-state index is 0.397. The van der Waals surface area contributed by atoms with E-state index in [9.17, 15) is 0 Å². The van der Waals surface area contributed by atoms with Crippen molar-refractivity contribution in [2.24, 2.45) is 0 Å². The number of anilines is 1. The van der Waals surface area contributed by atoms with Crippen molar-refractivity contribution in [3.8, 4) is 22.8 Å². The summed E-state index contributed by atoms with van der Waals surface area (Å²) in [6, 6.07) is 9.08. The van der Waals surface area contributed by atoms with Crippen LogP contribution in [0.4, 0.5) is 5.82 Å². The lowest BCUT2D eigenvalue weighted by Crippen LogP contribution is -1.97. The zero-order valence-electron chi connectivity index (χ0n) is 8.83. The van der Waals surface area contributed by atoms with Gasteiger partial charge in [-0.2, -0.15) is 0 Å². The van der Waals surface area contributed by atoms with Gasteiger partial charge >= 0.3 is 0 Å². The molecule has 17 heavy (non-hydrogen) atoms. The molecule has 0 amide bonds. The first kappa shape index (κ1) is 9.65. The zero-order chi connectivity index (χ0) is 11.7. The normalized spacial score (nSPS) is 12.5. The molecule has 2 heterocycles. The van der Waals surface area contributed by atoms with Crippen LogP contribution in [-0.4, -0.2) is 10.2 Å². The summed E-state index contributed by atoms with van der Waals surface area (Å²) in [6.07, 6.45) is 2.98. The predicted molar refractivity (Wildman–Crippen MR) is 62.3 cm³/mol. The Morgan fingerprint density at radius 1 is 0.882 bits per heavy atom. The first-order valence-corrected chi connectivity index (χ1v) is 5.05. The van der Waals surface area contributed by atoms with Gasteiger partial charge < -0.3 is 15.2 Å². The van der Waals surface area contributed by atoms with Crippen molar-refractivity contribution in [2.75, 3.05) is 5.73 Å². The molecule has 1 aliphatic heterocycles. The van der Waals surface area contributed by atoms with Crippen LogP contribution in [0.15, 0.2) is 42.9 Å². The Kier molecular flexibility index (Phi) is 2.15. The van der Waals surface area contributed by atoms with Crippen LogP contribution in [0.25, 0.3) is 11.3 Å². The number of nitrogen functional groups attached to an aromatic ring is 1. The summed E-state index contributed by atoms with van der Waals surface area (Å²) >= 11 is 0. The van der Waals surface area contributed by atoms with Crippen LogP contribution in [-0.2, 0) is 0 Å². The number of hydrogen-bond donors (Lipinski definition) is 1. The fourth-order valence-electron chi connectivity index (χ4n) is 1.56. The Bertz CT molecular complexity index is 579. The molecule has 0 bridgehead atoms. The lowest BCUT2D eigenvalue weighted by molar-refractivity contribution is 0.362. The average molecular weight is 227 g/mol. The molecular weight excluding hydrogens is 218 g/mol. The number of ether oxygens (including phenoxy) is 2. The van der Waals surface area contributed by atoms with E-state index >= 15 is 0 Å².